The van der Waals surface area contributed by atoms with Crippen LogP contribution >= 0.6 is 11.3 Å². The Labute approximate surface area is 140 Å². The normalized spacial score (nSPS) is 11.0. The molecule has 0 aliphatic heterocycles. The van der Waals surface area contributed by atoms with Gasteiger partial charge in [-0.15, -0.1) is 0 Å². The zero-order valence-electron chi connectivity index (χ0n) is 12.8. The number of anilines is 1. The van der Waals surface area contributed by atoms with Crippen LogP contribution in [0.2, 0.25) is 0 Å². The highest BCUT2D eigenvalue weighted by Crippen LogP contribution is 2.29. The fraction of sp³-hybridized carbons (Fsp3) is 0.125. The number of nitrogens with one attached hydrogen (secondary N) is 1. The minimum Gasteiger partial charge on any atom is -0.494 e. The molecule has 1 amide bonds. The number of aromatic nitrogens is 4. The second-order valence-corrected chi connectivity index (χ2v) is 6.01. The van der Waals surface area contributed by atoms with Crippen molar-refractivity contribution in [1.82, 2.24) is 19.6 Å². The van der Waals surface area contributed by atoms with E-state index < -0.39 is 0 Å². The Morgan fingerprint density at radius 1 is 1.33 bits per heavy atom. The number of ether oxygens (including phenoxy) is 1. The summed E-state index contributed by atoms with van der Waals surface area (Å²) >= 11 is 1.40. The molecule has 8 heteroatoms. The molecule has 0 bridgehead atoms. The van der Waals surface area contributed by atoms with Gasteiger partial charge in [-0.25, -0.2) is 14.5 Å². The Morgan fingerprint density at radius 3 is 3.12 bits per heavy atom. The molecular formula is C16H13N5O2S. The third kappa shape index (κ3) is 2.67. The van der Waals surface area contributed by atoms with Crippen molar-refractivity contribution >= 4 is 38.2 Å². The van der Waals surface area contributed by atoms with E-state index in [2.05, 4.69) is 20.4 Å². The first kappa shape index (κ1) is 14.6. The molecule has 3 aromatic heterocycles. The summed E-state index contributed by atoms with van der Waals surface area (Å²) in [6, 6.07) is 9.04. The lowest BCUT2D eigenvalue weighted by molar-refractivity contribution is 0.102. The monoisotopic (exact) mass is 339 g/mol. The maximum atomic E-state index is 12.4. The van der Waals surface area contributed by atoms with E-state index in [1.54, 1.807) is 29.0 Å². The number of benzene rings is 1. The lowest BCUT2D eigenvalue weighted by Crippen LogP contribution is -2.14. The smallest absolute Gasteiger partial charge is 0.277 e. The first-order valence-electron chi connectivity index (χ1n) is 7.38. The molecule has 0 unspecified atom stereocenters. The van der Waals surface area contributed by atoms with Gasteiger partial charge in [0.15, 0.2) is 10.8 Å². The van der Waals surface area contributed by atoms with Gasteiger partial charge in [0.1, 0.15) is 11.4 Å². The second kappa shape index (κ2) is 5.89. The summed E-state index contributed by atoms with van der Waals surface area (Å²) in [6.45, 7) is 2.54. The van der Waals surface area contributed by atoms with Crippen LogP contribution in [0.3, 0.4) is 0 Å². The van der Waals surface area contributed by atoms with Gasteiger partial charge in [-0.2, -0.15) is 5.10 Å². The lowest BCUT2D eigenvalue weighted by Gasteiger charge is -2.01. The molecule has 0 spiro atoms. The minimum atomic E-state index is -0.310. The van der Waals surface area contributed by atoms with Crippen LogP contribution in [0.5, 0.6) is 5.75 Å². The van der Waals surface area contributed by atoms with Crippen LogP contribution in [-0.2, 0) is 0 Å². The van der Waals surface area contributed by atoms with Crippen LogP contribution in [0.25, 0.3) is 15.9 Å². The predicted molar refractivity (Wildman–Crippen MR) is 91.7 cm³/mol. The minimum absolute atomic E-state index is 0.301. The Balaban J connectivity index is 1.59. The van der Waals surface area contributed by atoms with Crippen molar-refractivity contribution in [2.24, 2.45) is 0 Å². The van der Waals surface area contributed by atoms with Gasteiger partial charge in [-0.1, -0.05) is 11.3 Å². The fourth-order valence-electron chi connectivity index (χ4n) is 2.31. The molecule has 1 N–H and O–H groups in total. The Hall–Kier alpha value is -3.00. The van der Waals surface area contributed by atoms with E-state index in [4.69, 9.17) is 4.74 Å². The van der Waals surface area contributed by atoms with E-state index in [0.29, 0.717) is 23.1 Å². The molecule has 0 atom stereocenters. The van der Waals surface area contributed by atoms with Crippen LogP contribution in [-0.4, -0.2) is 32.1 Å². The molecule has 24 heavy (non-hydrogen) atoms. The summed E-state index contributed by atoms with van der Waals surface area (Å²) in [6.07, 6.45) is 3.33. The third-order valence-corrected chi connectivity index (χ3v) is 4.31. The molecule has 0 radical (unpaired) electrons. The molecule has 0 aliphatic carbocycles. The largest absolute Gasteiger partial charge is 0.494 e. The highest BCUT2D eigenvalue weighted by atomic mass is 32.1. The van der Waals surface area contributed by atoms with E-state index in [9.17, 15) is 4.79 Å². The number of hydrogen-bond acceptors (Lipinski definition) is 6. The van der Waals surface area contributed by atoms with Gasteiger partial charge in [0.05, 0.1) is 16.8 Å². The number of amides is 1. The zero-order valence-corrected chi connectivity index (χ0v) is 13.6. The summed E-state index contributed by atoms with van der Waals surface area (Å²) in [5.41, 5.74) is 1.81. The molecule has 0 saturated heterocycles. The Bertz CT molecular complexity index is 1040. The van der Waals surface area contributed by atoms with E-state index in [1.807, 2.05) is 25.1 Å². The Morgan fingerprint density at radius 2 is 2.25 bits per heavy atom. The van der Waals surface area contributed by atoms with Crippen LogP contribution in [0.4, 0.5) is 5.13 Å². The van der Waals surface area contributed by atoms with Crippen molar-refractivity contribution < 1.29 is 9.53 Å². The number of rotatable bonds is 4. The maximum absolute atomic E-state index is 12.4. The molecule has 0 fully saturated rings. The van der Waals surface area contributed by atoms with E-state index >= 15 is 0 Å². The highest BCUT2D eigenvalue weighted by molar-refractivity contribution is 7.22. The first-order chi connectivity index (χ1) is 11.7. The van der Waals surface area contributed by atoms with E-state index in [1.165, 1.54) is 11.3 Å². The van der Waals surface area contributed by atoms with E-state index in [0.717, 1.165) is 16.0 Å². The number of fused-ring (bicyclic) bond motifs is 2. The molecule has 4 rings (SSSR count). The number of carbonyl (C=O) groups is 1. The number of imidazole rings is 1. The summed E-state index contributed by atoms with van der Waals surface area (Å²) < 4.78 is 7.99. The van der Waals surface area contributed by atoms with Gasteiger partial charge in [0.2, 0.25) is 0 Å². The Kier molecular flexibility index (Phi) is 3.58. The van der Waals surface area contributed by atoms with E-state index in [-0.39, 0.29) is 5.91 Å². The average molecular weight is 339 g/mol. The summed E-state index contributed by atoms with van der Waals surface area (Å²) in [5.74, 6) is 0.480. The standard InChI is InChI=1S/C16H13N5O2S/c1-2-23-10-3-4-11-13(9-10)24-16(18-11)19-15(22)12-5-6-14-17-7-8-21(14)20-12/h3-9H,2H2,1H3,(H,18,19,22). The van der Waals surface area contributed by atoms with Crippen LogP contribution in [0.15, 0.2) is 42.7 Å². The topological polar surface area (TPSA) is 81.4 Å². The SMILES string of the molecule is CCOc1ccc2nc(NC(=O)c3ccc4nccn4n3)sc2c1. The van der Waals surface area contributed by atoms with Crippen molar-refractivity contribution in [2.45, 2.75) is 6.92 Å². The summed E-state index contributed by atoms with van der Waals surface area (Å²) in [4.78, 5) is 20.9. The molecule has 3 heterocycles. The number of nitrogens with zero attached hydrogens (tertiary/aromatic N) is 4. The zero-order chi connectivity index (χ0) is 16.5. The lowest BCUT2D eigenvalue weighted by atomic mass is 10.3. The number of carbonyl (C=O) groups excluding carboxylic acids is 1. The van der Waals surface area contributed by atoms with Gasteiger partial charge in [0.25, 0.3) is 5.91 Å². The highest BCUT2D eigenvalue weighted by Gasteiger charge is 2.12. The molecular weight excluding hydrogens is 326 g/mol. The first-order valence-corrected chi connectivity index (χ1v) is 8.20. The molecule has 1 aromatic carbocycles. The number of hydrogen-bond donors (Lipinski definition) is 1. The second-order valence-electron chi connectivity index (χ2n) is 4.98. The van der Waals surface area contributed by atoms with Crippen LogP contribution in [0.1, 0.15) is 17.4 Å². The quantitative estimate of drug-likeness (QED) is 0.618. The van der Waals surface area contributed by atoms with Crippen molar-refractivity contribution in [3.8, 4) is 5.75 Å². The number of thiazole rings is 1. The molecule has 7 nitrogen and oxygen atoms in total. The van der Waals surface area contributed by atoms with Crippen molar-refractivity contribution in [3.63, 3.8) is 0 Å². The van der Waals surface area contributed by atoms with Crippen LogP contribution < -0.4 is 10.1 Å². The van der Waals surface area contributed by atoms with Gasteiger partial charge in [-0.05, 0) is 37.3 Å². The van der Waals surface area contributed by atoms with Gasteiger partial charge in [-0.3, -0.25) is 10.1 Å². The predicted octanol–water partition coefficient (Wildman–Crippen LogP) is 2.99. The molecule has 0 aliphatic rings. The molecule has 4 aromatic rings. The summed E-state index contributed by atoms with van der Waals surface area (Å²) in [5, 5.41) is 7.53. The van der Waals surface area contributed by atoms with Gasteiger partial charge >= 0.3 is 0 Å². The third-order valence-electron chi connectivity index (χ3n) is 3.38. The van der Waals surface area contributed by atoms with Crippen molar-refractivity contribution in [1.29, 1.82) is 0 Å². The average Bonchev–Trinajstić information content (AvgIpc) is 3.19. The van der Waals surface area contributed by atoms with Crippen LogP contribution in [0, 0.1) is 0 Å². The van der Waals surface area contributed by atoms with Crippen molar-refractivity contribution in [3.05, 3.63) is 48.4 Å². The molecule has 120 valence electrons. The van der Waals surface area contributed by atoms with Crippen molar-refractivity contribution in [2.75, 3.05) is 11.9 Å². The summed E-state index contributed by atoms with van der Waals surface area (Å²) in [7, 11) is 0. The fourth-order valence-corrected chi connectivity index (χ4v) is 3.20. The van der Waals surface area contributed by atoms with Gasteiger partial charge in [0, 0.05) is 12.4 Å². The molecule has 0 saturated carbocycles. The van der Waals surface area contributed by atoms with Gasteiger partial charge < -0.3 is 4.74 Å². The maximum Gasteiger partial charge on any atom is 0.277 e.